The molecule has 8 heteroatoms. The van der Waals surface area contributed by atoms with Gasteiger partial charge in [-0.2, -0.15) is 0 Å². The molecule has 5 amide bonds. The minimum absolute atomic E-state index is 0.0167. The predicted octanol–water partition coefficient (Wildman–Crippen LogP) is 1.47. The summed E-state index contributed by atoms with van der Waals surface area (Å²) in [5.41, 5.74) is 2.37. The molecule has 1 spiro atoms. The predicted molar refractivity (Wildman–Crippen MR) is 108 cm³/mol. The fourth-order valence-electron chi connectivity index (χ4n) is 4.50. The molecule has 0 bridgehead atoms. The molecular weight excluding hydrogens is 384 g/mol. The van der Waals surface area contributed by atoms with Gasteiger partial charge in [0.1, 0.15) is 0 Å². The molecule has 30 heavy (non-hydrogen) atoms. The van der Waals surface area contributed by atoms with Gasteiger partial charge >= 0.3 is 6.03 Å². The van der Waals surface area contributed by atoms with E-state index in [1.807, 2.05) is 24.3 Å². The number of para-hydroxylation sites is 1. The van der Waals surface area contributed by atoms with E-state index in [9.17, 15) is 19.2 Å². The van der Waals surface area contributed by atoms with Gasteiger partial charge in [-0.3, -0.25) is 19.3 Å². The van der Waals surface area contributed by atoms with Crippen molar-refractivity contribution in [2.24, 2.45) is 0 Å². The number of rotatable bonds is 3. The molecule has 2 saturated heterocycles. The zero-order chi connectivity index (χ0) is 20.9. The summed E-state index contributed by atoms with van der Waals surface area (Å²) in [4.78, 5) is 52.0. The molecule has 3 aliphatic heterocycles. The van der Waals surface area contributed by atoms with Crippen LogP contribution in [-0.2, 0) is 21.5 Å². The van der Waals surface area contributed by atoms with Crippen molar-refractivity contribution in [2.75, 3.05) is 25.0 Å². The minimum Gasteiger partial charge on any atom is -0.337 e. The van der Waals surface area contributed by atoms with Gasteiger partial charge < -0.3 is 15.5 Å². The van der Waals surface area contributed by atoms with Gasteiger partial charge in [-0.1, -0.05) is 30.3 Å². The summed E-state index contributed by atoms with van der Waals surface area (Å²) in [5.74, 6) is -0.453. The van der Waals surface area contributed by atoms with Crippen molar-refractivity contribution in [3.8, 4) is 0 Å². The zero-order valence-electron chi connectivity index (χ0n) is 16.2. The van der Waals surface area contributed by atoms with Gasteiger partial charge in [-0.05, 0) is 35.7 Å². The summed E-state index contributed by atoms with van der Waals surface area (Å²) in [6, 6.07) is 14.1. The summed E-state index contributed by atoms with van der Waals surface area (Å²) >= 11 is 0. The first kappa shape index (κ1) is 18.4. The number of nitrogens with one attached hydrogen (secondary N) is 2. The molecular formula is C22H20N4O4. The summed E-state index contributed by atoms with van der Waals surface area (Å²) in [6.07, 6.45) is 0.589. The lowest BCUT2D eigenvalue weighted by Gasteiger charge is -2.22. The minimum atomic E-state index is -0.685. The quantitative estimate of drug-likeness (QED) is 0.757. The number of carbonyl (C=O) groups excluding carboxylic acids is 4. The highest BCUT2D eigenvalue weighted by atomic mass is 16.2. The fourth-order valence-corrected chi connectivity index (χ4v) is 4.50. The van der Waals surface area contributed by atoms with E-state index in [1.165, 1.54) is 0 Å². The molecule has 5 rings (SSSR count). The van der Waals surface area contributed by atoms with Crippen molar-refractivity contribution in [1.82, 2.24) is 15.1 Å². The third-order valence-corrected chi connectivity index (χ3v) is 6.16. The number of benzene rings is 2. The molecule has 0 saturated carbocycles. The van der Waals surface area contributed by atoms with Crippen molar-refractivity contribution in [2.45, 2.75) is 18.4 Å². The average molecular weight is 404 g/mol. The van der Waals surface area contributed by atoms with E-state index in [4.69, 9.17) is 0 Å². The van der Waals surface area contributed by atoms with Crippen LogP contribution in [0.5, 0.6) is 0 Å². The number of imide groups is 1. The number of anilines is 1. The van der Waals surface area contributed by atoms with Gasteiger partial charge in [0.2, 0.25) is 11.8 Å². The molecule has 8 nitrogen and oxygen atoms in total. The highest BCUT2D eigenvalue weighted by molar-refractivity contribution is 6.07. The van der Waals surface area contributed by atoms with Crippen LogP contribution in [0.2, 0.25) is 0 Å². The summed E-state index contributed by atoms with van der Waals surface area (Å²) in [5, 5.41) is 5.42. The Hall–Kier alpha value is -3.68. The van der Waals surface area contributed by atoms with Crippen molar-refractivity contribution in [3.63, 3.8) is 0 Å². The van der Waals surface area contributed by atoms with Crippen LogP contribution in [0.3, 0.4) is 0 Å². The van der Waals surface area contributed by atoms with E-state index >= 15 is 0 Å². The van der Waals surface area contributed by atoms with Gasteiger partial charge in [0.15, 0.2) is 0 Å². The molecule has 2 aromatic carbocycles. The van der Waals surface area contributed by atoms with Gasteiger partial charge in [-0.25, -0.2) is 4.79 Å². The van der Waals surface area contributed by atoms with Crippen LogP contribution in [0.15, 0.2) is 48.5 Å². The van der Waals surface area contributed by atoms with Crippen molar-refractivity contribution in [1.29, 1.82) is 0 Å². The van der Waals surface area contributed by atoms with Crippen molar-refractivity contribution >= 4 is 29.4 Å². The third kappa shape index (κ3) is 2.75. The maximum atomic E-state index is 13.0. The molecule has 2 aromatic rings. The monoisotopic (exact) mass is 404 g/mol. The molecule has 0 aromatic heterocycles. The molecule has 0 aliphatic carbocycles. The van der Waals surface area contributed by atoms with E-state index in [0.29, 0.717) is 25.1 Å². The maximum absolute atomic E-state index is 13.0. The number of likely N-dealkylation sites (tertiary alicyclic amines) is 1. The largest absolute Gasteiger partial charge is 0.337 e. The number of fused-ring (bicyclic) bond motifs is 2. The summed E-state index contributed by atoms with van der Waals surface area (Å²) < 4.78 is 0. The lowest BCUT2D eigenvalue weighted by Crippen LogP contribution is -2.39. The third-order valence-electron chi connectivity index (χ3n) is 6.16. The molecule has 152 valence electrons. The number of hydrogen-bond donors (Lipinski definition) is 2. The Morgan fingerprint density at radius 2 is 1.80 bits per heavy atom. The Labute approximate surface area is 172 Å². The zero-order valence-corrected chi connectivity index (χ0v) is 16.2. The average Bonchev–Trinajstić information content (AvgIpc) is 3.42. The Morgan fingerprint density at radius 1 is 1.03 bits per heavy atom. The van der Waals surface area contributed by atoms with Crippen LogP contribution in [0.4, 0.5) is 10.5 Å². The standard InChI is InChI=1S/C22H20N4O4/c27-18-11-23-21(30)26(18)12-14-5-7-15(8-6-14)19(28)25-10-9-22(13-25)16-3-1-2-4-17(16)24-20(22)29/h1-8H,9-13H2,(H,23,30)(H,24,29). The summed E-state index contributed by atoms with van der Waals surface area (Å²) in [6.45, 7) is 1.04. The van der Waals surface area contributed by atoms with Crippen LogP contribution in [-0.4, -0.2) is 53.2 Å². The van der Waals surface area contributed by atoms with Crippen molar-refractivity contribution < 1.29 is 19.2 Å². The Bertz CT molecular complexity index is 1060. The Morgan fingerprint density at radius 3 is 2.53 bits per heavy atom. The maximum Gasteiger partial charge on any atom is 0.324 e. The number of carbonyl (C=O) groups is 4. The van der Waals surface area contributed by atoms with Crippen LogP contribution >= 0.6 is 0 Å². The number of amides is 5. The first-order chi connectivity index (χ1) is 14.5. The Balaban J connectivity index is 1.31. The highest BCUT2D eigenvalue weighted by Crippen LogP contribution is 2.44. The van der Waals surface area contributed by atoms with Crippen molar-refractivity contribution in [3.05, 3.63) is 65.2 Å². The molecule has 1 atom stereocenters. The topological polar surface area (TPSA) is 98.8 Å². The van der Waals surface area contributed by atoms with Crippen LogP contribution in [0, 0.1) is 0 Å². The van der Waals surface area contributed by atoms with E-state index in [-0.39, 0.29) is 30.8 Å². The van der Waals surface area contributed by atoms with Gasteiger partial charge in [-0.15, -0.1) is 0 Å². The number of urea groups is 1. The van der Waals surface area contributed by atoms with Crippen LogP contribution in [0.1, 0.15) is 27.9 Å². The van der Waals surface area contributed by atoms with Crippen LogP contribution in [0.25, 0.3) is 0 Å². The lowest BCUT2D eigenvalue weighted by atomic mass is 9.81. The SMILES string of the molecule is O=C(c1ccc(CN2C(=O)CNC2=O)cc1)N1CCC2(C1)C(=O)Nc1ccccc12. The second-order valence-corrected chi connectivity index (χ2v) is 7.89. The van der Waals surface area contributed by atoms with E-state index in [0.717, 1.165) is 21.7 Å². The molecule has 1 unspecified atom stereocenters. The Kier molecular flexibility index (Phi) is 4.09. The molecule has 2 N–H and O–H groups in total. The van der Waals surface area contributed by atoms with Gasteiger partial charge in [0.25, 0.3) is 5.91 Å². The van der Waals surface area contributed by atoms with E-state index < -0.39 is 11.4 Å². The van der Waals surface area contributed by atoms with E-state index in [1.54, 1.807) is 29.2 Å². The fraction of sp³-hybridized carbons (Fsp3) is 0.273. The molecule has 3 aliphatic rings. The van der Waals surface area contributed by atoms with Gasteiger partial charge in [0, 0.05) is 24.3 Å². The lowest BCUT2D eigenvalue weighted by molar-refractivity contribution is -0.125. The first-order valence-corrected chi connectivity index (χ1v) is 9.85. The molecule has 3 heterocycles. The van der Waals surface area contributed by atoms with Gasteiger partial charge in [0.05, 0.1) is 18.5 Å². The van der Waals surface area contributed by atoms with E-state index in [2.05, 4.69) is 10.6 Å². The second kappa shape index (κ2) is 6.69. The molecule has 2 fully saturated rings. The highest BCUT2D eigenvalue weighted by Gasteiger charge is 2.51. The molecule has 0 radical (unpaired) electrons. The summed E-state index contributed by atoms with van der Waals surface area (Å²) in [7, 11) is 0. The normalized spacial score (nSPS) is 22.5. The van der Waals surface area contributed by atoms with Crippen LogP contribution < -0.4 is 10.6 Å². The second-order valence-electron chi connectivity index (χ2n) is 7.89. The number of hydrogen-bond acceptors (Lipinski definition) is 4. The smallest absolute Gasteiger partial charge is 0.324 e. The first-order valence-electron chi connectivity index (χ1n) is 9.85. The number of nitrogens with zero attached hydrogens (tertiary/aromatic N) is 2.